The molecule has 0 fully saturated rings. The molecule has 0 saturated heterocycles. The predicted octanol–water partition coefficient (Wildman–Crippen LogP) is 6.24. The number of aromatic amines is 1. The maximum absolute atomic E-state index is 13.7. The summed E-state index contributed by atoms with van der Waals surface area (Å²) in [6, 6.07) is 26.1. The number of nitrogens with zero attached hydrogens (tertiary/aromatic N) is 2. The van der Waals surface area contributed by atoms with Crippen LogP contribution in [-0.2, 0) is 13.0 Å². The van der Waals surface area contributed by atoms with Gasteiger partial charge in [0.05, 0.1) is 29.5 Å². The zero-order valence-electron chi connectivity index (χ0n) is 22.4. The number of benzene rings is 4. The number of H-pyrrole nitrogens is 1. The zero-order valence-corrected chi connectivity index (χ0v) is 23.2. The number of carbonyl (C=O) groups is 3. The molecule has 0 unspecified atom stereocenters. The van der Waals surface area contributed by atoms with Gasteiger partial charge in [0, 0.05) is 39.7 Å². The van der Waals surface area contributed by atoms with E-state index in [0.29, 0.717) is 47.6 Å². The zero-order chi connectivity index (χ0) is 28.6. The maximum Gasteiger partial charge on any atom is 0.256 e. The second-order valence-corrected chi connectivity index (χ2v) is 11.3. The molecule has 0 radical (unpaired) electrons. The van der Waals surface area contributed by atoms with Gasteiger partial charge in [-0.05, 0) is 71.6 Å². The number of amides is 3. The summed E-state index contributed by atoms with van der Waals surface area (Å²) < 4.78 is 0. The molecular formula is C33H25N5O3S. The highest BCUT2D eigenvalue weighted by atomic mass is 32.2. The van der Waals surface area contributed by atoms with Gasteiger partial charge in [-0.1, -0.05) is 48.2 Å². The number of anilines is 2. The number of hydrogen-bond acceptors (Lipinski definition) is 5. The van der Waals surface area contributed by atoms with Crippen LogP contribution in [0.5, 0.6) is 0 Å². The van der Waals surface area contributed by atoms with E-state index in [1.54, 1.807) is 41.7 Å². The number of hydrogen-bond donors (Lipinski definition) is 3. The quantitative estimate of drug-likeness (QED) is 0.237. The Balaban J connectivity index is 1.10. The van der Waals surface area contributed by atoms with E-state index in [2.05, 4.69) is 20.6 Å². The Bertz CT molecular complexity index is 1850. The van der Waals surface area contributed by atoms with Gasteiger partial charge in [-0.3, -0.25) is 14.4 Å². The Morgan fingerprint density at radius 2 is 1.79 bits per heavy atom. The summed E-state index contributed by atoms with van der Waals surface area (Å²) in [6.07, 6.45) is 4.02. The van der Waals surface area contributed by atoms with Crippen LogP contribution in [0.15, 0.2) is 107 Å². The van der Waals surface area contributed by atoms with E-state index in [1.807, 2.05) is 60.7 Å². The largest absolute Gasteiger partial charge is 0.345 e. The Morgan fingerprint density at radius 1 is 0.929 bits per heavy atom. The summed E-state index contributed by atoms with van der Waals surface area (Å²) >= 11 is 1.50. The van der Waals surface area contributed by atoms with Crippen LogP contribution in [0, 0.1) is 0 Å². The first-order chi connectivity index (χ1) is 20.5. The first-order valence-electron chi connectivity index (χ1n) is 13.6. The van der Waals surface area contributed by atoms with E-state index >= 15 is 0 Å². The van der Waals surface area contributed by atoms with Crippen molar-refractivity contribution in [2.24, 2.45) is 0 Å². The van der Waals surface area contributed by atoms with Crippen LogP contribution in [0.3, 0.4) is 0 Å². The molecule has 206 valence electrons. The fourth-order valence-electron chi connectivity index (χ4n) is 5.40. The van der Waals surface area contributed by atoms with Crippen LogP contribution in [0.1, 0.15) is 42.2 Å². The van der Waals surface area contributed by atoms with Gasteiger partial charge in [-0.15, -0.1) is 0 Å². The highest BCUT2D eigenvalue weighted by Crippen LogP contribution is 2.39. The molecule has 0 spiro atoms. The molecule has 0 saturated carbocycles. The number of rotatable bonds is 4. The summed E-state index contributed by atoms with van der Waals surface area (Å²) in [7, 11) is 0. The van der Waals surface area contributed by atoms with Crippen LogP contribution in [0.4, 0.5) is 11.4 Å². The highest BCUT2D eigenvalue weighted by Gasteiger charge is 2.27. The van der Waals surface area contributed by atoms with E-state index in [9.17, 15) is 14.4 Å². The van der Waals surface area contributed by atoms with Gasteiger partial charge in [-0.25, -0.2) is 4.98 Å². The van der Waals surface area contributed by atoms with Crippen molar-refractivity contribution in [1.82, 2.24) is 14.9 Å². The van der Waals surface area contributed by atoms with E-state index in [-0.39, 0.29) is 17.7 Å². The number of carbonyl (C=O) groups excluding carboxylic acids is 3. The minimum Gasteiger partial charge on any atom is -0.345 e. The number of fused-ring (bicyclic) bond motifs is 3. The Labute approximate surface area is 246 Å². The van der Waals surface area contributed by atoms with Crippen molar-refractivity contribution in [2.45, 2.75) is 22.8 Å². The molecule has 3 N–H and O–H groups in total. The van der Waals surface area contributed by atoms with E-state index in [4.69, 9.17) is 0 Å². The number of aromatic nitrogens is 2. The van der Waals surface area contributed by atoms with Crippen LogP contribution in [0.25, 0.3) is 11.3 Å². The van der Waals surface area contributed by atoms with E-state index < -0.39 is 0 Å². The normalized spacial score (nSPS) is 13.7. The third-order valence-electron chi connectivity index (χ3n) is 7.58. The van der Waals surface area contributed by atoms with E-state index in [1.165, 1.54) is 11.8 Å². The lowest BCUT2D eigenvalue weighted by atomic mass is 9.94. The van der Waals surface area contributed by atoms with E-state index in [0.717, 1.165) is 32.2 Å². The maximum atomic E-state index is 13.7. The van der Waals surface area contributed by atoms with Crippen molar-refractivity contribution in [3.05, 3.63) is 125 Å². The molecular weight excluding hydrogens is 546 g/mol. The lowest BCUT2D eigenvalue weighted by molar-refractivity contribution is 0.0732. The number of nitrogens with one attached hydrogen (secondary N) is 3. The molecule has 0 atom stereocenters. The van der Waals surface area contributed by atoms with Crippen molar-refractivity contribution in [3.8, 4) is 11.3 Å². The van der Waals surface area contributed by atoms with Gasteiger partial charge >= 0.3 is 0 Å². The minimum absolute atomic E-state index is 0.144. The topological polar surface area (TPSA) is 107 Å². The minimum atomic E-state index is -0.222. The summed E-state index contributed by atoms with van der Waals surface area (Å²) in [6.45, 7) is 0.857. The van der Waals surface area contributed by atoms with Gasteiger partial charge < -0.3 is 20.5 Å². The fraction of sp³-hybridized carbons (Fsp3) is 0.0909. The molecule has 0 bridgehead atoms. The molecule has 9 heteroatoms. The van der Waals surface area contributed by atoms with Crippen molar-refractivity contribution >= 4 is 40.9 Å². The first kappa shape index (κ1) is 25.8. The van der Waals surface area contributed by atoms with Crippen LogP contribution in [-0.4, -0.2) is 39.1 Å². The van der Waals surface area contributed by atoms with Crippen molar-refractivity contribution in [2.75, 3.05) is 17.2 Å². The predicted molar refractivity (Wildman–Crippen MR) is 162 cm³/mol. The van der Waals surface area contributed by atoms with Crippen molar-refractivity contribution in [1.29, 1.82) is 0 Å². The lowest BCUT2D eigenvalue weighted by Crippen LogP contribution is -2.37. The first-order valence-corrected chi connectivity index (χ1v) is 14.4. The average molecular weight is 572 g/mol. The Hall–Kier alpha value is -5.15. The molecule has 3 heterocycles. The third kappa shape index (κ3) is 4.84. The molecule has 5 aromatic rings. The highest BCUT2D eigenvalue weighted by molar-refractivity contribution is 7.99. The van der Waals surface area contributed by atoms with Gasteiger partial charge in [0.1, 0.15) is 0 Å². The molecule has 2 aliphatic heterocycles. The smallest absolute Gasteiger partial charge is 0.256 e. The van der Waals surface area contributed by atoms with Crippen LogP contribution in [0.2, 0.25) is 0 Å². The number of imidazole rings is 1. The average Bonchev–Trinajstić information content (AvgIpc) is 3.52. The summed E-state index contributed by atoms with van der Waals surface area (Å²) in [5, 5.41) is 5.96. The molecule has 3 amide bonds. The molecule has 0 aliphatic carbocycles. The standard InChI is InChI=1S/C33H25N5O3S/c39-31(36-23-11-8-21(9-12-23)28-17-34-19-35-28)24-6-3-4-20-14-15-38(18-26(20)24)33(41)22-10-13-30-27(16-22)37-32(40)25-5-1-2-7-29(25)42-30/h1-13,16-17,19H,14-15,18H2,(H,34,35)(H,36,39)(H,37,40). The summed E-state index contributed by atoms with van der Waals surface area (Å²) in [4.78, 5) is 50.5. The Morgan fingerprint density at radius 3 is 2.62 bits per heavy atom. The second kappa shape index (κ2) is 10.7. The summed E-state index contributed by atoms with van der Waals surface area (Å²) in [5.74, 6) is -0.561. The third-order valence-corrected chi connectivity index (χ3v) is 8.74. The van der Waals surface area contributed by atoms with Crippen molar-refractivity contribution < 1.29 is 14.4 Å². The van der Waals surface area contributed by atoms with Gasteiger partial charge in [-0.2, -0.15) is 0 Å². The molecule has 8 nitrogen and oxygen atoms in total. The molecule has 4 aromatic carbocycles. The Kier molecular flexibility index (Phi) is 6.56. The van der Waals surface area contributed by atoms with Crippen LogP contribution >= 0.6 is 11.8 Å². The van der Waals surface area contributed by atoms with Gasteiger partial charge in [0.25, 0.3) is 17.7 Å². The van der Waals surface area contributed by atoms with Crippen LogP contribution < -0.4 is 10.6 Å². The molecule has 1 aromatic heterocycles. The molecule has 7 rings (SSSR count). The SMILES string of the molecule is O=C1Nc2cc(C(=O)N3CCc4cccc(C(=O)Nc5ccc(-c6cnc[nH]6)cc5)c4C3)ccc2Sc2ccccc21. The van der Waals surface area contributed by atoms with Gasteiger partial charge in [0.2, 0.25) is 0 Å². The van der Waals surface area contributed by atoms with Gasteiger partial charge in [0.15, 0.2) is 0 Å². The monoisotopic (exact) mass is 571 g/mol. The second-order valence-electron chi connectivity index (χ2n) is 10.2. The summed E-state index contributed by atoms with van der Waals surface area (Å²) in [5.41, 5.74) is 6.71. The fourth-order valence-corrected chi connectivity index (χ4v) is 6.41. The van der Waals surface area contributed by atoms with Crippen molar-refractivity contribution in [3.63, 3.8) is 0 Å². The molecule has 42 heavy (non-hydrogen) atoms. The molecule has 2 aliphatic rings. The lowest BCUT2D eigenvalue weighted by Gasteiger charge is -2.30.